The Kier molecular flexibility index (Phi) is 7.35. The van der Waals surface area contributed by atoms with E-state index < -0.39 is 29.7 Å². The van der Waals surface area contributed by atoms with Gasteiger partial charge in [-0.15, -0.1) is 0 Å². The van der Waals surface area contributed by atoms with E-state index in [0.717, 1.165) is 24.0 Å². The zero-order chi connectivity index (χ0) is 26.7. The summed E-state index contributed by atoms with van der Waals surface area (Å²) in [5.74, 6) is -2.03. The van der Waals surface area contributed by atoms with Crippen molar-refractivity contribution in [3.63, 3.8) is 0 Å². The zero-order valence-electron chi connectivity index (χ0n) is 20.7. The predicted octanol–water partition coefficient (Wildman–Crippen LogP) is 4.44. The molecule has 2 aromatic heterocycles. The number of benzene rings is 2. The topological polar surface area (TPSA) is 92.9 Å². The first-order chi connectivity index (χ1) is 17.7. The van der Waals surface area contributed by atoms with Gasteiger partial charge < -0.3 is 20.0 Å². The molecule has 1 amide bonds. The van der Waals surface area contributed by atoms with Crippen LogP contribution in [0.15, 0.2) is 60.8 Å². The van der Waals surface area contributed by atoms with Gasteiger partial charge in [0, 0.05) is 12.1 Å². The molecule has 192 valence electrons. The molecule has 0 bridgehead atoms. The summed E-state index contributed by atoms with van der Waals surface area (Å²) in [6.07, 6.45) is 2.46. The summed E-state index contributed by atoms with van der Waals surface area (Å²) in [6.45, 7) is 4.36. The van der Waals surface area contributed by atoms with Crippen LogP contribution in [0.4, 0.5) is 8.78 Å². The Hall–Kier alpha value is -4.11. The maximum Gasteiger partial charge on any atom is 0.270 e. The minimum Gasteiger partial charge on any atom is -0.485 e. The Balaban J connectivity index is 1.64. The van der Waals surface area contributed by atoms with Crippen LogP contribution < -0.4 is 10.1 Å². The summed E-state index contributed by atoms with van der Waals surface area (Å²) in [4.78, 5) is 29.2. The van der Waals surface area contributed by atoms with Gasteiger partial charge in [0.2, 0.25) is 0 Å². The third kappa shape index (κ3) is 5.08. The standard InChI is InChI=1S/C28H27F2N3O4/c1-17(14-34)19-7-4-8-20(13-19)28(3,16-35)32-27(36)25-18(2)31-26-24(11-6-12-33(25)26)37-15-21-22(29)9-5-10-23(21)30/h4-14,17,35H,15-16H2,1-3H3,(H,32,36). The highest BCUT2D eigenvalue weighted by Gasteiger charge is 2.31. The maximum atomic E-state index is 14.0. The second-order valence-electron chi connectivity index (χ2n) is 9.10. The molecule has 2 heterocycles. The molecule has 2 aromatic carbocycles. The number of amides is 1. The quantitative estimate of drug-likeness (QED) is 0.327. The number of imidazole rings is 1. The van der Waals surface area contributed by atoms with Gasteiger partial charge in [-0.2, -0.15) is 0 Å². The number of halogens is 2. The normalized spacial score (nSPS) is 13.7. The van der Waals surface area contributed by atoms with E-state index in [1.54, 1.807) is 57.3 Å². The highest BCUT2D eigenvalue weighted by molar-refractivity contribution is 5.95. The number of pyridine rings is 1. The number of fused-ring (bicyclic) bond motifs is 1. The number of aliphatic hydroxyl groups excluding tert-OH is 1. The van der Waals surface area contributed by atoms with Crippen molar-refractivity contribution >= 4 is 17.8 Å². The lowest BCUT2D eigenvalue weighted by atomic mass is 9.89. The number of nitrogens with one attached hydrogen (secondary N) is 1. The molecule has 7 nitrogen and oxygen atoms in total. The first-order valence-electron chi connectivity index (χ1n) is 11.7. The molecular formula is C28H27F2N3O4. The van der Waals surface area contributed by atoms with Gasteiger partial charge in [-0.25, -0.2) is 13.8 Å². The van der Waals surface area contributed by atoms with Crippen LogP contribution >= 0.6 is 0 Å². The fraction of sp³-hybridized carbons (Fsp3) is 0.250. The number of carbonyl (C=O) groups excluding carboxylic acids is 2. The fourth-order valence-corrected chi connectivity index (χ4v) is 4.12. The lowest BCUT2D eigenvalue weighted by Gasteiger charge is -2.30. The molecule has 0 aliphatic carbocycles. The number of nitrogens with zero attached hydrogens (tertiary/aromatic N) is 2. The monoisotopic (exact) mass is 507 g/mol. The van der Waals surface area contributed by atoms with E-state index in [1.807, 2.05) is 6.07 Å². The molecule has 2 N–H and O–H groups in total. The van der Waals surface area contributed by atoms with Gasteiger partial charge >= 0.3 is 0 Å². The van der Waals surface area contributed by atoms with E-state index in [1.165, 1.54) is 10.5 Å². The summed E-state index contributed by atoms with van der Waals surface area (Å²) in [5, 5.41) is 13.1. The van der Waals surface area contributed by atoms with Crippen LogP contribution in [0.2, 0.25) is 0 Å². The van der Waals surface area contributed by atoms with Crippen LogP contribution in [0.3, 0.4) is 0 Å². The number of ether oxygens (including phenoxy) is 1. The number of hydrogen-bond donors (Lipinski definition) is 2. The molecule has 9 heteroatoms. The fourth-order valence-electron chi connectivity index (χ4n) is 4.12. The second-order valence-corrected chi connectivity index (χ2v) is 9.10. The Morgan fingerprint density at radius 1 is 1.19 bits per heavy atom. The molecule has 0 saturated carbocycles. The number of aryl methyl sites for hydroxylation is 1. The lowest BCUT2D eigenvalue weighted by Crippen LogP contribution is -2.46. The number of rotatable bonds is 9. The van der Waals surface area contributed by atoms with E-state index in [2.05, 4.69) is 10.3 Å². The van der Waals surface area contributed by atoms with Crippen molar-refractivity contribution in [3.05, 3.63) is 101 Å². The van der Waals surface area contributed by atoms with Gasteiger partial charge in [0.15, 0.2) is 11.4 Å². The molecule has 0 spiro atoms. The smallest absolute Gasteiger partial charge is 0.270 e. The molecule has 37 heavy (non-hydrogen) atoms. The van der Waals surface area contributed by atoms with Crippen LogP contribution in [0.1, 0.15) is 52.6 Å². The number of aromatic nitrogens is 2. The minimum atomic E-state index is -1.15. The Morgan fingerprint density at radius 3 is 2.57 bits per heavy atom. The van der Waals surface area contributed by atoms with Gasteiger partial charge in [-0.1, -0.05) is 37.3 Å². The SMILES string of the molecule is Cc1nc2c(OCc3c(F)cccc3F)cccn2c1C(=O)NC(C)(CO)c1cccc(C(C)C=O)c1. The van der Waals surface area contributed by atoms with Crippen LogP contribution in [-0.2, 0) is 16.9 Å². The summed E-state index contributed by atoms with van der Waals surface area (Å²) < 4.78 is 35.3. The summed E-state index contributed by atoms with van der Waals surface area (Å²) in [7, 11) is 0. The van der Waals surface area contributed by atoms with Crippen LogP contribution in [0.5, 0.6) is 5.75 Å². The van der Waals surface area contributed by atoms with Crippen LogP contribution in [-0.4, -0.2) is 33.3 Å². The molecule has 0 fully saturated rings. The Morgan fingerprint density at radius 2 is 1.89 bits per heavy atom. The van der Waals surface area contributed by atoms with Gasteiger partial charge in [-0.05, 0) is 49.2 Å². The largest absolute Gasteiger partial charge is 0.485 e. The first kappa shape index (κ1) is 26.0. The highest BCUT2D eigenvalue weighted by Crippen LogP contribution is 2.27. The Labute approximate surface area is 212 Å². The number of carbonyl (C=O) groups is 2. The van der Waals surface area contributed by atoms with E-state index in [9.17, 15) is 23.5 Å². The lowest BCUT2D eigenvalue weighted by molar-refractivity contribution is -0.108. The third-order valence-corrected chi connectivity index (χ3v) is 6.40. The average Bonchev–Trinajstić information content (AvgIpc) is 3.24. The van der Waals surface area contributed by atoms with Crippen LogP contribution in [0.25, 0.3) is 5.65 Å². The average molecular weight is 508 g/mol. The number of hydrogen-bond acceptors (Lipinski definition) is 5. The Bertz CT molecular complexity index is 1450. The van der Waals surface area contributed by atoms with E-state index in [-0.39, 0.29) is 29.5 Å². The molecular weight excluding hydrogens is 480 g/mol. The number of aldehydes is 1. The molecule has 4 aromatic rings. The number of aliphatic hydroxyl groups is 1. The second kappa shape index (κ2) is 10.5. The van der Waals surface area contributed by atoms with Gasteiger partial charge in [0.25, 0.3) is 5.91 Å². The molecule has 2 atom stereocenters. The van der Waals surface area contributed by atoms with E-state index in [4.69, 9.17) is 4.74 Å². The summed E-state index contributed by atoms with van der Waals surface area (Å²) >= 11 is 0. The first-order valence-corrected chi connectivity index (χ1v) is 11.7. The van der Waals surface area contributed by atoms with Gasteiger partial charge in [0.05, 0.1) is 23.4 Å². The summed E-state index contributed by atoms with van der Waals surface area (Å²) in [6, 6.07) is 13.9. The van der Waals surface area contributed by atoms with Gasteiger partial charge in [0.1, 0.15) is 30.2 Å². The van der Waals surface area contributed by atoms with Crippen molar-refractivity contribution in [2.75, 3.05) is 6.61 Å². The molecule has 0 radical (unpaired) electrons. The molecule has 4 rings (SSSR count). The van der Waals surface area contributed by atoms with Crippen molar-refractivity contribution in [2.24, 2.45) is 0 Å². The molecule has 2 unspecified atom stereocenters. The third-order valence-electron chi connectivity index (χ3n) is 6.40. The molecule has 0 aliphatic rings. The van der Waals surface area contributed by atoms with E-state index >= 15 is 0 Å². The van der Waals surface area contributed by atoms with Crippen molar-refractivity contribution < 1.29 is 28.2 Å². The highest BCUT2D eigenvalue weighted by atomic mass is 19.1. The van der Waals surface area contributed by atoms with Crippen LogP contribution in [0, 0.1) is 18.6 Å². The van der Waals surface area contributed by atoms with Crippen molar-refractivity contribution in [1.29, 1.82) is 0 Å². The van der Waals surface area contributed by atoms with Crippen molar-refractivity contribution in [2.45, 2.75) is 38.8 Å². The van der Waals surface area contributed by atoms with Crippen molar-refractivity contribution in [3.8, 4) is 5.75 Å². The predicted molar refractivity (Wildman–Crippen MR) is 133 cm³/mol. The van der Waals surface area contributed by atoms with Crippen molar-refractivity contribution in [1.82, 2.24) is 14.7 Å². The maximum absolute atomic E-state index is 14.0. The zero-order valence-corrected chi connectivity index (χ0v) is 20.7. The summed E-state index contributed by atoms with van der Waals surface area (Å²) in [5.41, 5.74) is 0.953. The van der Waals surface area contributed by atoms with Gasteiger partial charge in [-0.3, -0.25) is 9.20 Å². The van der Waals surface area contributed by atoms with E-state index in [0.29, 0.717) is 16.9 Å². The minimum absolute atomic E-state index is 0.212. The molecule has 0 aliphatic heterocycles. The molecule has 0 saturated heterocycles.